The van der Waals surface area contributed by atoms with Gasteiger partial charge < -0.3 is 10.1 Å². The Morgan fingerprint density at radius 1 is 1.53 bits per heavy atom. The molecule has 90 valence electrons. The number of methoxy groups -OCH3 is 1. The van der Waals surface area contributed by atoms with Gasteiger partial charge in [0.25, 0.3) is 5.69 Å². The van der Waals surface area contributed by atoms with Gasteiger partial charge in [0, 0.05) is 23.9 Å². The molecule has 2 rings (SSSR count). The van der Waals surface area contributed by atoms with Gasteiger partial charge in [-0.05, 0) is 18.9 Å². The van der Waals surface area contributed by atoms with Crippen molar-refractivity contribution in [1.82, 2.24) is 0 Å². The summed E-state index contributed by atoms with van der Waals surface area (Å²) in [6, 6.07) is 4.51. The first-order valence-corrected chi connectivity index (χ1v) is 5.25. The highest BCUT2D eigenvalue weighted by Crippen LogP contribution is 2.29. The number of esters is 1. The highest BCUT2D eigenvalue weighted by Gasteiger charge is 2.24. The van der Waals surface area contributed by atoms with E-state index >= 15 is 0 Å². The third kappa shape index (κ3) is 2.52. The number of anilines is 1. The van der Waals surface area contributed by atoms with Gasteiger partial charge in [-0.2, -0.15) is 0 Å². The largest absolute Gasteiger partial charge is 0.465 e. The molecule has 0 saturated heterocycles. The first kappa shape index (κ1) is 11.4. The van der Waals surface area contributed by atoms with E-state index in [-0.39, 0.29) is 11.3 Å². The number of ether oxygens (including phenoxy) is 1. The Balaban J connectivity index is 2.35. The van der Waals surface area contributed by atoms with Crippen molar-refractivity contribution in [3.8, 4) is 0 Å². The Labute approximate surface area is 97.7 Å². The minimum Gasteiger partial charge on any atom is -0.465 e. The van der Waals surface area contributed by atoms with Crippen molar-refractivity contribution in [3.63, 3.8) is 0 Å². The maximum absolute atomic E-state index is 11.5. The predicted octanol–water partition coefficient (Wildman–Crippen LogP) is 1.96. The van der Waals surface area contributed by atoms with E-state index in [1.165, 1.54) is 19.2 Å². The number of hydrogen-bond donors (Lipinski definition) is 1. The molecule has 6 nitrogen and oxygen atoms in total. The third-order valence-electron chi connectivity index (χ3n) is 2.56. The topological polar surface area (TPSA) is 81.5 Å². The molecule has 0 heterocycles. The maximum atomic E-state index is 11.5. The Morgan fingerprint density at radius 2 is 2.24 bits per heavy atom. The third-order valence-corrected chi connectivity index (χ3v) is 2.56. The van der Waals surface area contributed by atoms with E-state index in [1.54, 1.807) is 6.07 Å². The second-order valence-electron chi connectivity index (χ2n) is 3.90. The summed E-state index contributed by atoms with van der Waals surface area (Å²) in [5.74, 6) is -0.572. The second kappa shape index (κ2) is 4.40. The number of rotatable bonds is 4. The highest BCUT2D eigenvalue weighted by molar-refractivity contribution is 5.96. The maximum Gasteiger partial charge on any atom is 0.340 e. The molecular weight excluding hydrogens is 224 g/mol. The van der Waals surface area contributed by atoms with Gasteiger partial charge in [-0.3, -0.25) is 10.1 Å². The lowest BCUT2D eigenvalue weighted by Gasteiger charge is -2.09. The lowest BCUT2D eigenvalue weighted by molar-refractivity contribution is -0.384. The zero-order valence-electron chi connectivity index (χ0n) is 9.30. The van der Waals surface area contributed by atoms with Crippen LogP contribution in [0.25, 0.3) is 0 Å². The fraction of sp³-hybridized carbons (Fsp3) is 0.364. The number of nitro groups is 1. The number of nitrogens with zero attached hydrogens (tertiary/aromatic N) is 1. The number of nitro benzene ring substituents is 1. The summed E-state index contributed by atoms with van der Waals surface area (Å²) >= 11 is 0. The van der Waals surface area contributed by atoms with Gasteiger partial charge in [0.05, 0.1) is 17.6 Å². The van der Waals surface area contributed by atoms with Crippen molar-refractivity contribution in [2.45, 2.75) is 18.9 Å². The van der Waals surface area contributed by atoms with Crippen LogP contribution in [0, 0.1) is 10.1 Å². The average Bonchev–Trinajstić information content (AvgIpc) is 3.12. The van der Waals surface area contributed by atoms with Crippen LogP contribution < -0.4 is 5.32 Å². The number of non-ortho nitro benzene ring substituents is 1. The SMILES string of the molecule is COC(=O)c1cc([N+](=O)[O-])ccc1NC1CC1. The summed E-state index contributed by atoms with van der Waals surface area (Å²) in [6.07, 6.45) is 2.11. The van der Waals surface area contributed by atoms with Crippen molar-refractivity contribution in [1.29, 1.82) is 0 Å². The van der Waals surface area contributed by atoms with Crippen LogP contribution in [-0.2, 0) is 4.74 Å². The molecular formula is C11H12N2O4. The highest BCUT2D eigenvalue weighted by atomic mass is 16.6. The van der Waals surface area contributed by atoms with Crippen LogP contribution in [0.1, 0.15) is 23.2 Å². The molecule has 0 radical (unpaired) electrons. The van der Waals surface area contributed by atoms with Crippen molar-refractivity contribution >= 4 is 17.3 Å². The van der Waals surface area contributed by atoms with Crippen LogP contribution in [0.5, 0.6) is 0 Å². The van der Waals surface area contributed by atoms with E-state index in [2.05, 4.69) is 10.1 Å². The Bertz CT molecular complexity index is 469. The zero-order valence-corrected chi connectivity index (χ0v) is 9.30. The minimum absolute atomic E-state index is 0.119. The molecule has 1 fully saturated rings. The molecule has 0 atom stereocenters. The lowest BCUT2D eigenvalue weighted by Crippen LogP contribution is -2.10. The Hall–Kier alpha value is -2.11. The fourth-order valence-electron chi connectivity index (χ4n) is 1.50. The molecule has 1 aliphatic rings. The molecule has 0 amide bonds. The normalized spacial score (nSPS) is 14.2. The first-order valence-electron chi connectivity index (χ1n) is 5.25. The summed E-state index contributed by atoms with van der Waals surface area (Å²) in [5, 5.41) is 13.8. The van der Waals surface area contributed by atoms with E-state index in [0.29, 0.717) is 11.7 Å². The molecule has 0 bridgehead atoms. The fourth-order valence-corrected chi connectivity index (χ4v) is 1.50. The van der Waals surface area contributed by atoms with Crippen LogP contribution in [0.4, 0.5) is 11.4 Å². The van der Waals surface area contributed by atoms with E-state index in [9.17, 15) is 14.9 Å². The molecule has 1 aromatic carbocycles. The molecule has 1 aliphatic carbocycles. The monoisotopic (exact) mass is 236 g/mol. The van der Waals surface area contributed by atoms with Crippen molar-refractivity contribution < 1.29 is 14.5 Å². The van der Waals surface area contributed by atoms with Gasteiger partial charge in [-0.1, -0.05) is 0 Å². The molecule has 0 aromatic heterocycles. The number of carbonyl (C=O) groups excluding carboxylic acids is 1. The van der Waals surface area contributed by atoms with Gasteiger partial charge in [0.1, 0.15) is 0 Å². The number of nitrogens with one attached hydrogen (secondary N) is 1. The molecule has 17 heavy (non-hydrogen) atoms. The molecule has 1 N–H and O–H groups in total. The van der Waals surface area contributed by atoms with Crippen LogP contribution in [-0.4, -0.2) is 24.0 Å². The first-order chi connectivity index (χ1) is 8.11. The van der Waals surface area contributed by atoms with Gasteiger partial charge >= 0.3 is 5.97 Å². The molecule has 0 aliphatic heterocycles. The van der Waals surface area contributed by atoms with E-state index in [1.807, 2.05) is 0 Å². The van der Waals surface area contributed by atoms with E-state index < -0.39 is 10.9 Å². The van der Waals surface area contributed by atoms with Crippen molar-refractivity contribution in [3.05, 3.63) is 33.9 Å². The zero-order chi connectivity index (χ0) is 12.4. The molecule has 1 saturated carbocycles. The van der Waals surface area contributed by atoms with Crippen LogP contribution in [0.15, 0.2) is 18.2 Å². The second-order valence-corrected chi connectivity index (χ2v) is 3.90. The molecule has 1 aromatic rings. The van der Waals surface area contributed by atoms with Crippen molar-refractivity contribution in [2.75, 3.05) is 12.4 Å². The van der Waals surface area contributed by atoms with Gasteiger partial charge in [0.15, 0.2) is 0 Å². The van der Waals surface area contributed by atoms with Gasteiger partial charge in [0.2, 0.25) is 0 Å². The van der Waals surface area contributed by atoms with Crippen LogP contribution in [0.3, 0.4) is 0 Å². The molecule has 0 spiro atoms. The molecule has 6 heteroatoms. The number of benzene rings is 1. The van der Waals surface area contributed by atoms with Gasteiger partial charge in [-0.25, -0.2) is 4.79 Å². The number of hydrogen-bond acceptors (Lipinski definition) is 5. The standard InChI is InChI=1S/C11H12N2O4/c1-17-11(14)9-6-8(13(15)16)4-5-10(9)12-7-2-3-7/h4-7,12H,2-3H2,1H3. The lowest BCUT2D eigenvalue weighted by atomic mass is 10.1. The summed E-state index contributed by atoms with van der Waals surface area (Å²) < 4.78 is 4.61. The summed E-state index contributed by atoms with van der Waals surface area (Å²) in [7, 11) is 1.25. The van der Waals surface area contributed by atoms with Gasteiger partial charge in [-0.15, -0.1) is 0 Å². The summed E-state index contributed by atoms with van der Waals surface area (Å²) in [5.41, 5.74) is 0.672. The van der Waals surface area contributed by atoms with Crippen molar-refractivity contribution in [2.24, 2.45) is 0 Å². The van der Waals surface area contributed by atoms with E-state index in [0.717, 1.165) is 12.8 Å². The quantitative estimate of drug-likeness (QED) is 0.491. The van der Waals surface area contributed by atoms with Crippen LogP contribution in [0.2, 0.25) is 0 Å². The minimum atomic E-state index is -0.572. The Morgan fingerprint density at radius 3 is 2.76 bits per heavy atom. The Kier molecular flexibility index (Phi) is 2.95. The number of carbonyl (C=O) groups is 1. The van der Waals surface area contributed by atoms with E-state index in [4.69, 9.17) is 0 Å². The average molecular weight is 236 g/mol. The summed E-state index contributed by atoms with van der Waals surface area (Å²) in [6.45, 7) is 0. The summed E-state index contributed by atoms with van der Waals surface area (Å²) in [4.78, 5) is 21.6. The smallest absolute Gasteiger partial charge is 0.340 e. The molecule has 0 unspecified atom stereocenters. The van der Waals surface area contributed by atoms with Crippen LogP contribution >= 0.6 is 0 Å². The predicted molar refractivity (Wildman–Crippen MR) is 61.1 cm³/mol.